The third-order valence-electron chi connectivity index (χ3n) is 4.54. The SMILES string of the molecule is CS(=O)(=O)NCC1CCCCN1C(=O)C1=CN2CCS(=O)(=O)N=C2C=C1. The molecule has 3 aliphatic rings. The summed E-state index contributed by atoms with van der Waals surface area (Å²) in [6.45, 7) is 1.01. The average Bonchev–Trinajstić information content (AvgIpc) is 2.58. The molecular formula is C15H22N4O5S2. The number of hydrogen-bond donors (Lipinski definition) is 1. The molecule has 144 valence electrons. The summed E-state index contributed by atoms with van der Waals surface area (Å²) < 4.78 is 52.0. The van der Waals surface area contributed by atoms with E-state index in [0.717, 1.165) is 25.5 Å². The van der Waals surface area contributed by atoms with Gasteiger partial charge in [0, 0.05) is 31.9 Å². The van der Waals surface area contributed by atoms with Crippen molar-refractivity contribution in [2.24, 2.45) is 4.40 Å². The molecule has 3 aliphatic heterocycles. The third-order valence-corrected chi connectivity index (χ3v) is 6.39. The van der Waals surface area contributed by atoms with Gasteiger partial charge in [-0.05, 0) is 31.4 Å². The summed E-state index contributed by atoms with van der Waals surface area (Å²) in [7, 11) is -6.76. The zero-order valence-corrected chi connectivity index (χ0v) is 16.1. The summed E-state index contributed by atoms with van der Waals surface area (Å²) in [6.07, 6.45) is 8.35. The minimum atomic E-state index is -3.44. The molecule has 1 unspecified atom stereocenters. The minimum Gasteiger partial charge on any atom is -0.334 e. The van der Waals surface area contributed by atoms with Crippen LogP contribution in [-0.2, 0) is 24.8 Å². The molecule has 11 heteroatoms. The lowest BCUT2D eigenvalue weighted by Gasteiger charge is -2.37. The first-order valence-corrected chi connectivity index (χ1v) is 11.9. The van der Waals surface area contributed by atoms with Gasteiger partial charge in [0.25, 0.3) is 15.9 Å². The Balaban J connectivity index is 1.75. The first-order chi connectivity index (χ1) is 12.1. The Hall–Kier alpha value is -1.72. The highest BCUT2D eigenvalue weighted by atomic mass is 32.2. The van der Waals surface area contributed by atoms with Crippen molar-refractivity contribution < 1.29 is 21.6 Å². The van der Waals surface area contributed by atoms with Crippen molar-refractivity contribution in [1.82, 2.24) is 14.5 Å². The second-order valence-corrected chi connectivity index (χ2v) is 10.2. The number of likely N-dealkylation sites (tertiary alicyclic amines) is 1. The maximum Gasteiger partial charge on any atom is 0.256 e. The van der Waals surface area contributed by atoms with Gasteiger partial charge in [-0.2, -0.15) is 0 Å². The number of nitrogens with zero attached hydrogens (tertiary/aromatic N) is 3. The molecule has 1 atom stereocenters. The number of carbonyl (C=O) groups is 1. The van der Waals surface area contributed by atoms with Crippen molar-refractivity contribution in [2.45, 2.75) is 25.3 Å². The van der Waals surface area contributed by atoms with Crippen molar-refractivity contribution >= 4 is 31.8 Å². The molecular weight excluding hydrogens is 380 g/mol. The Morgan fingerprint density at radius 3 is 2.81 bits per heavy atom. The van der Waals surface area contributed by atoms with Crippen molar-refractivity contribution in [3.63, 3.8) is 0 Å². The number of sulfonamides is 2. The molecule has 0 aliphatic carbocycles. The number of piperidine rings is 1. The van der Waals surface area contributed by atoms with E-state index >= 15 is 0 Å². The van der Waals surface area contributed by atoms with Crippen LogP contribution in [-0.4, -0.2) is 76.1 Å². The number of amidine groups is 1. The quantitative estimate of drug-likeness (QED) is 0.672. The molecule has 0 radical (unpaired) electrons. The predicted octanol–water partition coefficient (Wildman–Crippen LogP) is -0.586. The van der Waals surface area contributed by atoms with E-state index in [0.29, 0.717) is 18.0 Å². The van der Waals surface area contributed by atoms with Crippen molar-refractivity contribution in [2.75, 3.05) is 31.6 Å². The minimum absolute atomic E-state index is 0.0903. The molecule has 26 heavy (non-hydrogen) atoms. The van der Waals surface area contributed by atoms with Gasteiger partial charge in [0.1, 0.15) is 5.84 Å². The maximum absolute atomic E-state index is 12.9. The molecule has 0 bridgehead atoms. The van der Waals surface area contributed by atoms with Crippen molar-refractivity contribution in [3.8, 4) is 0 Å². The topological polar surface area (TPSA) is 116 Å². The zero-order chi connectivity index (χ0) is 18.9. The van der Waals surface area contributed by atoms with Crippen molar-refractivity contribution in [1.29, 1.82) is 0 Å². The summed E-state index contributed by atoms with van der Waals surface area (Å²) in [5, 5.41) is 0. The second-order valence-electron chi connectivity index (χ2n) is 6.62. The highest BCUT2D eigenvalue weighted by molar-refractivity contribution is 7.90. The van der Waals surface area contributed by atoms with Crippen LogP contribution in [0.3, 0.4) is 0 Å². The summed E-state index contributed by atoms with van der Waals surface area (Å²) in [6, 6.07) is -0.197. The number of hydrogen-bond acceptors (Lipinski definition) is 6. The molecule has 1 amide bonds. The summed E-state index contributed by atoms with van der Waals surface area (Å²) >= 11 is 0. The second kappa shape index (κ2) is 7.12. The summed E-state index contributed by atoms with van der Waals surface area (Å²) in [5.74, 6) is 0.0305. The zero-order valence-electron chi connectivity index (χ0n) is 14.5. The molecule has 1 N–H and O–H groups in total. The van der Waals surface area contributed by atoms with E-state index in [9.17, 15) is 21.6 Å². The summed E-state index contributed by atoms with van der Waals surface area (Å²) in [5.41, 5.74) is 0.439. The lowest BCUT2D eigenvalue weighted by Crippen LogP contribution is -2.50. The fourth-order valence-electron chi connectivity index (χ4n) is 3.22. The molecule has 0 aromatic rings. The van der Waals surface area contributed by atoms with E-state index in [1.54, 1.807) is 22.1 Å². The van der Waals surface area contributed by atoms with E-state index < -0.39 is 20.0 Å². The molecule has 0 spiro atoms. The van der Waals surface area contributed by atoms with Gasteiger partial charge < -0.3 is 9.80 Å². The van der Waals surface area contributed by atoms with Gasteiger partial charge in [-0.1, -0.05) is 0 Å². The van der Waals surface area contributed by atoms with Gasteiger partial charge in [0.2, 0.25) is 10.0 Å². The number of rotatable bonds is 4. The molecule has 0 saturated carbocycles. The first-order valence-electron chi connectivity index (χ1n) is 8.39. The molecule has 0 aromatic carbocycles. The Morgan fingerprint density at radius 2 is 2.08 bits per heavy atom. The fourth-order valence-corrected chi connectivity index (χ4v) is 4.69. The largest absolute Gasteiger partial charge is 0.334 e. The third kappa shape index (κ3) is 4.51. The molecule has 3 rings (SSSR count). The van der Waals surface area contributed by atoms with E-state index in [-0.39, 0.29) is 30.8 Å². The van der Waals surface area contributed by atoms with Crippen LogP contribution < -0.4 is 4.72 Å². The summed E-state index contributed by atoms with van der Waals surface area (Å²) in [4.78, 5) is 16.3. The van der Waals surface area contributed by atoms with E-state index in [4.69, 9.17) is 0 Å². The number of fused-ring (bicyclic) bond motifs is 1. The molecule has 1 fully saturated rings. The first kappa shape index (κ1) is 19.1. The molecule has 0 aromatic heterocycles. The standard InChI is InChI=1S/C15H22N4O5S2/c1-25(21,22)16-10-13-4-2-3-7-19(13)15(20)12-5-6-14-17-26(23,24)9-8-18(14)11-12/h5-6,11,13,16H,2-4,7-10H2,1H3. The lowest BCUT2D eigenvalue weighted by molar-refractivity contribution is -0.130. The smallest absolute Gasteiger partial charge is 0.256 e. The predicted molar refractivity (Wildman–Crippen MR) is 97.3 cm³/mol. The fraction of sp³-hybridized carbons (Fsp3) is 0.600. The van der Waals surface area contributed by atoms with Crippen LogP contribution in [0.2, 0.25) is 0 Å². The highest BCUT2D eigenvalue weighted by Crippen LogP contribution is 2.22. The number of nitrogens with one attached hydrogen (secondary N) is 1. The Kier molecular flexibility index (Phi) is 5.22. The monoisotopic (exact) mass is 402 g/mol. The normalized spacial score (nSPS) is 25.3. The maximum atomic E-state index is 12.9. The average molecular weight is 402 g/mol. The van der Waals surface area contributed by atoms with Gasteiger partial charge in [0.15, 0.2) is 0 Å². The molecule has 1 saturated heterocycles. The van der Waals surface area contributed by atoms with Gasteiger partial charge >= 0.3 is 0 Å². The van der Waals surface area contributed by atoms with Crippen LogP contribution in [0.25, 0.3) is 0 Å². The van der Waals surface area contributed by atoms with Gasteiger partial charge in [-0.15, -0.1) is 4.40 Å². The van der Waals surface area contributed by atoms with E-state index in [1.807, 2.05) is 0 Å². The van der Waals surface area contributed by atoms with Crippen molar-refractivity contribution in [3.05, 3.63) is 23.9 Å². The van der Waals surface area contributed by atoms with E-state index in [2.05, 4.69) is 9.12 Å². The van der Waals surface area contributed by atoms with Crippen LogP contribution >= 0.6 is 0 Å². The van der Waals surface area contributed by atoms with Crippen LogP contribution in [0.15, 0.2) is 28.3 Å². The van der Waals surface area contributed by atoms with Gasteiger partial charge in [0.05, 0.1) is 17.6 Å². The Morgan fingerprint density at radius 1 is 1.31 bits per heavy atom. The number of amides is 1. The molecule has 9 nitrogen and oxygen atoms in total. The van der Waals surface area contributed by atoms with E-state index in [1.165, 1.54) is 6.08 Å². The van der Waals surface area contributed by atoms with Gasteiger partial charge in [-0.3, -0.25) is 4.79 Å². The Labute approximate surface area is 153 Å². The van der Waals surface area contributed by atoms with Crippen LogP contribution in [0.4, 0.5) is 0 Å². The lowest BCUT2D eigenvalue weighted by atomic mass is 10.0. The number of carbonyl (C=O) groups excluding carboxylic acids is 1. The Bertz CT molecular complexity index is 889. The van der Waals surface area contributed by atoms with Crippen LogP contribution in [0.5, 0.6) is 0 Å². The highest BCUT2D eigenvalue weighted by Gasteiger charge is 2.31. The van der Waals surface area contributed by atoms with Crippen LogP contribution in [0.1, 0.15) is 19.3 Å². The van der Waals surface area contributed by atoms with Crippen LogP contribution in [0, 0.1) is 0 Å². The molecule has 3 heterocycles. The van der Waals surface area contributed by atoms with Gasteiger partial charge in [-0.25, -0.2) is 21.6 Å².